The van der Waals surface area contributed by atoms with Crippen LogP contribution in [0.4, 0.5) is 0 Å². The van der Waals surface area contributed by atoms with Crippen LogP contribution in [0.1, 0.15) is 39.0 Å². The van der Waals surface area contributed by atoms with Gasteiger partial charge in [-0.2, -0.15) is 0 Å². The molecule has 0 aromatic carbocycles. The molecule has 0 amide bonds. The van der Waals surface area contributed by atoms with Crippen LogP contribution < -0.4 is 0 Å². The summed E-state index contributed by atoms with van der Waals surface area (Å²) in [6.45, 7) is 2.25. The first-order chi connectivity index (χ1) is 4.88. The van der Waals surface area contributed by atoms with Crippen LogP contribution in [-0.2, 0) is 0 Å². The molecule has 1 fully saturated rings. The van der Waals surface area contributed by atoms with E-state index in [9.17, 15) is 0 Å². The Bertz CT molecular complexity index is 129. The topological polar surface area (TPSA) is 0 Å². The normalized spacial score (nSPS) is 33.2. The molecule has 0 heteroatoms. The van der Waals surface area contributed by atoms with Gasteiger partial charge in [-0.05, 0) is 18.8 Å². The maximum absolute atomic E-state index is 5.42. The number of hydrogen-bond donors (Lipinski definition) is 0. The Labute approximate surface area is 64.0 Å². The Kier molecular flexibility index (Phi) is 2.81. The van der Waals surface area contributed by atoms with Crippen molar-refractivity contribution in [3.8, 4) is 12.3 Å². The van der Waals surface area contributed by atoms with Gasteiger partial charge in [-0.3, -0.25) is 0 Å². The van der Waals surface area contributed by atoms with Crippen molar-refractivity contribution in [1.29, 1.82) is 0 Å². The third kappa shape index (κ3) is 1.53. The molecule has 0 saturated heterocycles. The van der Waals surface area contributed by atoms with Crippen molar-refractivity contribution < 1.29 is 0 Å². The molecule has 1 rings (SSSR count). The lowest BCUT2D eigenvalue weighted by Crippen LogP contribution is -2.16. The number of hydrogen-bond acceptors (Lipinski definition) is 0. The Balaban J connectivity index is 2.44. The summed E-state index contributed by atoms with van der Waals surface area (Å²) in [7, 11) is 0. The Morgan fingerprint density at radius 2 is 2.10 bits per heavy atom. The molecule has 0 bridgehead atoms. The Morgan fingerprint density at radius 3 is 2.60 bits per heavy atom. The summed E-state index contributed by atoms with van der Waals surface area (Å²) in [5, 5.41) is 0. The molecular formula is C10H16. The lowest BCUT2D eigenvalue weighted by molar-refractivity contribution is 0.285. The van der Waals surface area contributed by atoms with Crippen molar-refractivity contribution in [2.24, 2.45) is 11.8 Å². The maximum Gasteiger partial charge on any atom is 0.0228 e. The van der Waals surface area contributed by atoms with Crippen molar-refractivity contribution in [3.63, 3.8) is 0 Å². The van der Waals surface area contributed by atoms with E-state index in [1.54, 1.807) is 0 Å². The largest absolute Gasteiger partial charge is 0.120 e. The van der Waals surface area contributed by atoms with Gasteiger partial charge in [0.1, 0.15) is 0 Å². The number of rotatable bonds is 1. The molecule has 1 aliphatic carbocycles. The highest BCUT2D eigenvalue weighted by molar-refractivity contribution is 4.97. The first kappa shape index (κ1) is 7.66. The predicted molar refractivity (Wildman–Crippen MR) is 44.6 cm³/mol. The summed E-state index contributed by atoms with van der Waals surface area (Å²) in [5.41, 5.74) is 0. The molecule has 0 aliphatic heterocycles. The SMILES string of the molecule is C#CC1CCCCC1CC. The van der Waals surface area contributed by atoms with Gasteiger partial charge in [-0.25, -0.2) is 0 Å². The molecule has 0 spiro atoms. The molecule has 2 unspecified atom stereocenters. The van der Waals surface area contributed by atoms with Gasteiger partial charge in [0.2, 0.25) is 0 Å². The van der Waals surface area contributed by atoms with Gasteiger partial charge in [0.25, 0.3) is 0 Å². The van der Waals surface area contributed by atoms with Gasteiger partial charge < -0.3 is 0 Å². The third-order valence-corrected chi connectivity index (χ3v) is 2.65. The fourth-order valence-corrected chi connectivity index (χ4v) is 1.92. The van der Waals surface area contributed by atoms with Crippen molar-refractivity contribution in [2.45, 2.75) is 39.0 Å². The molecule has 56 valence electrons. The first-order valence-electron chi connectivity index (χ1n) is 4.34. The van der Waals surface area contributed by atoms with Gasteiger partial charge in [-0.15, -0.1) is 12.3 Å². The molecule has 0 N–H and O–H groups in total. The molecule has 0 radical (unpaired) electrons. The van der Waals surface area contributed by atoms with E-state index < -0.39 is 0 Å². The quantitative estimate of drug-likeness (QED) is 0.486. The van der Waals surface area contributed by atoms with Crippen LogP contribution in [0.15, 0.2) is 0 Å². The van der Waals surface area contributed by atoms with Crippen LogP contribution in [-0.4, -0.2) is 0 Å². The second-order valence-corrected chi connectivity index (χ2v) is 3.23. The molecule has 1 saturated carbocycles. The molecule has 0 aromatic rings. The molecule has 10 heavy (non-hydrogen) atoms. The second kappa shape index (κ2) is 3.66. The minimum Gasteiger partial charge on any atom is -0.120 e. The second-order valence-electron chi connectivity index (χ2n) is 3.23. The fourth-order valence-electron chi connectivity index (χ4n) is 1.92. The monoisotopic (exact) mass is 136 g/mol. The summed E-state index contributed by atoms with van der Waals surface area (Å²) in [6.07, 6.45) is 12.1. The molecule has 0 aromatic heterocycles. The van der Waals surface area contributed by atoms with Crippen molar-refractivity contribution in [2.75, 3.05) is 0 Å². The van der Waals surface area contributed by atoms with Crippen LogP contribution in [0.25, 0.3) is 0 Å². The predicted octanol–water partition coefficient (Wildman–Crippen LogP) is 2.84. The van der Waals surface area contributed by atoms with E-state index >= 15 is 0 Å². The minimum atomic E-state index is 0.596. The van der Waals surface area contributed by atoms with E-state index in [1.165, 1.54) is 32.1 Å². The standard InChI is InChI=1S/C10H16/c1-3-9-7-5-6-8-10(9)4-2/h1,9-10H,4-8H2,2H3. The Hall–Kier alpha value is -0.440. The summed E-state index contributed by atoms with van der Waals surface area (Å²) in [6, 6.07) is 0. The average molecular weight is 136 g/mol. The summed E-state index contributed by atoms with van der Waals surface area (Å²) < 4.78 is 0. The van der Waals surface area contributed by atoms with Crippen LogP contribution in [0.5, 0.6) is 0 Å². The lowest BCUT2D eigenvalue weighted by Gasteiger charge is -2.26. The van der Waals surface area contributed by atoms with Gasteiger partial charge in [0.05, 0.1) is 0 Å². The van der Waals surface area contributed by atoms with Gasteiger partial charge in [0.15, 0.2) is 0 Å². The van der Waals surface area contributed by atoms with E-state index in [-0.39, 0.29) is 0 Å². The van der Waals surface area contributed by atoms with E-state index in [0.29, 0.717) is 5.92 Å². The highest BCUT2D eigenvalue weighted by atomic mass is 14.2. The van der Waals surface area contributed by atoms with E-state index in [0.717, 1.165) is 5.92 Å². The van der Waals surface area contributed by atoms with Crippen molar-refractivity contribution in [1.82, 2.24) is 0 Å². The highest BCUT2D eigenvalue weighted by Crippen LogP contribution is 2.31. The first-order valence-corrected chi connectivity index (χ1v) is 4.34. The van der Waals surface area contributed by atoms with E-state index in [4.69, 9.17) is 6.42 Å². The van der Waals surface area contributed by atoms with Crippen LogP contribution in [0.3, 0.4) is 0 Å². The van der Waals surface area contributed by atoms with Gasteiger partial charge in [-0.1, -0.05) is 26.2 Å². The molecule has 1 aliphatic rings. The molecule has 2 atom stereocenters. The zero-order chi connectivity index (χ0) is 7.40. The van der Waals surface area contributed by atoms with E-state index in [2.05, 4.69) is 12.8 Å². The highest BCUT2D eigenvalue weighted by Gasteiger charge is 2.20. The number of terminal acetylenes is 1. The summed E-state index contributed by atoms with van der Waals surface area (Å²) >= 11 is 0. The third-order valence-electron chi connectivity index (χ3n) is 2.65. The average Bonchev–Trinajstić information content (AvgIpc) is 2.04. The van der Waals surface area contributed by atoms with Crippen LogP contribution in [0, 0.1) is 24.2 Å². The van der Waals surface area contributed by atoms with E-state index in [1.807, 2.05) is 0 Å². The molecular weight excluding hydrogens is 120 g/mol. The minimum absolute atomic E-state index is 0.596. The lowest BCUT2D eigenvalue weighted by atomic mass is 9.78. The van der Waals surface area contributed by atoms with Crippen molar-refractivity contribution >= 4 is 0 Å². The summed E-state index contributed by atoms with van der Waals surface area (Å²) in [5.74, 6) is 4.33. The zero-order valence-electron chi connectivity index (χ0n) is 6.77. The van der Waals surface area contributed by atoms with Gasteiger partial charge >= 0.3 is 0 Å². The Morgan fingerprint density at radius 1 is 1.40 bits per heavy atom. The summed E-state index contributed by atoms with van der Waals surface area (Å²) in [4.78, 5) is 0. The van der Waals surface area contributed by atoms with Crippen LogP contribution in [0.2, 0.25) is 0 Å². The maximum atomic E-state index is 5.42. The van der Waals surface area contributed by atoms with Gasteiger partial charge in [0, 0.05) is 5.92 Å². The zero-order valence-corrected chi connectivity index (χ0v) is 6.77. The van der Waals surface area contributed by atoms with Crippen LogP contribution >= 0.6 is 0 Å². The smallest absolute Gasteiger partial charge is 0.0228 e. The fraction of sp³-hybridized carbons (Fsp3) is 0.800. The molecule has 0 heterocycles. The van der Waals surface area contributed by atoms with Crippen molar-refractivity contribution in [3.05, 3.63) is 0 Å². The molecule has 0 nitrogen and oxygen atoms in total.